The molecule has 0 saturated carbocycles. The third-order valence-electron chi connectivity index (χ3n) is 2.21. The Hall–Kier alpha value is -1.00. The Bertz CT molecular complexity index is 333. The molecule has 0 radical (unpaired) electrons. The minimum absolute atomic E-state index is 0.205. The van der Waals surface area contributed by atoms with Crippen molar-refractivity contribution in [2.24, 2.45) is 5.92 Å². The molecule has 2 N–H and O–H groups in total. The van der Waals surface area contributed by atoms with Crippen molar-refractivity contribution in [1.82, 2.24) is 10.6 Å². The molecule has 0 aromatic carbocycles. The average molecular weight is 215 g/mol. The second-order valence-corrected chi connectivity index (χ2v) is 3.71. The number of nitrogens with one attached hydrogen (secondary N) is 2. The van der Waals surface area contributed by atoms with Gasteiger partial charge in [-0.2, -0.15) is 0 Å². The highest BCUT2D eigenvalue weighted by atomic mass is 35.5. The van der Waals surface area contributed by atoms with Crippen LogP contribution in [-0.2, 0) is 0 Å². The number of halogens is 1. The van der Waals surface area contributed by atoms with Gasteiger partial charge in [0.2, 0.25) is 0 Å². The van der Waals surface area contributed by atoms with E-state index < -0.39 is 0 Å². The topological polar surface area (TPSA) is 54.3 Å². The van der Waals surface area contributed by atoms with E-state index >= 15 is 0 Å². The summed E-state index contributed by atoms with van der Waals surface area (Å²) in [7, 11) is 0. The van der Waals surface area contributed by atoms with Crippen molar-refractivity contribution in [3.8, 4) is 0 Å². The lowest BCUT2D eigenvalue weighted by molar-refractivity contribution is 0.0914. The van der Waals surface area contributed by atoms with Crippen LogP contribution in [0.15, 0.2) is 16.5 Å². The number of rotatable bonds is 3. The van der Waals surface area contributed by atoms with E-state index in [1.54, 1.807) is 12.1 Å². The van der Waals surface area contributed by atoms with Crippen LogP contribution in [0.3, 0.4) is 0 Å². The fraction of sp³-hybridized carbons (Fsp3) is 0.444. The molecule has 0 unspecified atom stereocenters. The molecule has 2 heterocycles. The lowest BCUT2D eigenvalue weighted by Crippen LogP contribution is -2.48. The number of hydrogen-bond donors (Lipinski definition) is 2. The zero-order chi connectivity index (χ0) is 9.97. The highest BCUT2D eigenvalue weighted by Crippen LogP contribution is 2.12. The maximum atomic E-state index is 11.4. The van der Waals surface area contributed by atoms with Crippen LogP contribution in [-0.4, -0.2) is 25.5 Å². The van der Waals surface area contributed by atoms with Gasteiger partial charge < -0.3 is 15.1 Å². The standard InChI is InChI=1S/C9H11ClN2O2/c10-8-2-1-7(14-8)9(13)12-5-6-3-11-4-6/h1-2,6,11H,3-5H2,(H,12,13). The number of amides is 1. The van der Waals surface area contributed by atoms with E-state index in [1.165, 1.54) is 0 Å². The van der Waals surface area contributed by atoms with Gasteiger partial charge in [-0.15, -0.1) is 0 Å². The summed E-state index contributed by atoms with van der Waals surface area (Å²) in [6, 6.07) is 3.12. The average Bonchev–Trinajstić information content (AvgIpc) is 2.49. The smallest absolute Gasteiger partial charge is 0.287 e. The molecule has 2 rings (SSSR count). The molecule has 0 aliphatic carbocycles. The molecule has 1 aromatic heterocycles. The molecule has 1 saturated heterocycles. The van der Waals surface area contributed by atoms with Crippen LogP contribution in [0.1, 0.15) is 10.6 Å². The number of hydrogen-bond acceptors (Lipinski definition) is 3. The van der Waals surface area contributed by atoms with E-state index in [0.29, 0.717) is 12.5 Å². The van der Waals surface area contributed by atoms with Crippen molar-refractivity contribution < 1.29 is 9.21 Å². The van der Waals surface area contributed by atoms with E-state index in [1.807, 2.05) is 0 Å². The third kappa shape index (κ3) is 2.08. The summed E-state index contributed by atoms with van der Waals surface area (Å²) in [5.41, 5.74) is 0. The van der Waals surface area contributed by atoms with E-state index in [2.05, 4.69) is 10.6 Å². The summed E-state index contributed by atoms with van der Waals surface area (Å²) >= 11 is 5.55. The summed E-state index contributed by atoms with van der Waals surface area (Å²) in [6.07, 6.45) is 0. The van der Waals surface area contributed by atoms with Gasteiger partial charge in [-0.1, -0.05) is 0 Å². The van der Waals surface area contributed by atoms with E-state index in [9.17, 15) is 4.79 Å². The second-order valence-electron chi connectivity index (χ2n) is 3.34. The summed E-state index contributed by atoms with van der Waals surface area (Å²) in [5.74, 6) is 0.607. The van der Waals surface area contributed by atoms with Crippen LogP contribution in [0.4, 0.5) is 0 Å². The first-order valence-electron chi connectivity index (χ1n) is 4.50. The summed E-state index contributed by atoms with van der Waals surface area (Å²) in [6.45, 7) is 2.63. The Morgan fingerprint density at radius 3 is 2.93 bits per heavy atom. The first-order valence-corrected chi connectivity index (χ1v) is 4.88. The van der Waals surface area contributed by atoms with Crippen molar-refractivity contribution in [2.75, 3.05) is 19.6 Å². The van der Waals surface area contributed by atoms with Gasteiger partial charge >= 0.3 is 0 Å². The van der Waals surface area contributed by atoms with Crippen molar-refractivity contribution in [3.63, 3.8) is 0 Å². The molecule has 0 bridgehead atoms. The molecule has 1 aromatic rings. The lowest BCUT2D eigenvalue weighted by atomic mass is 10.0. The Morgan fingerprint density at radius 2 is 2.43 bits per heavy atom. The summed E-state index contributed by atoms with van der Waals surface area (Å²) < 4.78 is 4.97. The fourth-order valence-corrected chi connectivity index (χ4v) is 1.40. The predicted octanol–water partition coefficient (Wildman–Crippen LogP) is 0.882. The minimum atomic E-state index is -0.205. The summed E-state index contributed by atoms with van der Waals surface area (Å²) in [5, 5.41) is 6.15. The van der Waals surface area contributed by atoms with Crippen molar-refractivity contribution in [2.45, 2.75) is 0 Å². The molecule has 4 nitrogen and oxygen atoms in total. The summed E-state index contributed by atoms with van der Waals surface area (Å²) in [4.78, 5) is 11.4. The molecule has 0 atom stereocenters. The monoisotopic (exact) mass is 214 g/mol. The van der Waals surface area contributed by atoms with Crippen LogP contribution in [0.5, 0.6) is 0 Å². The van der Waals surface area contributed by atoms with Crippen LogP contribution in [0.2, 0.25) is 5.22 Å². The molecule has 1 amide bonds. The molecule has 1 aliphatic heterocycles. The quantitative estimate of drug-likeness (QED) is 0.786. The molecule has 76 valence electrons. The number of carbonyl (C=O) groups is 1. The second kappa shape index (κ2) is 4.02. The predicted molar refractivity (Wildman–Crippen MR) is 52.4 cm³/mol. The minimum Gasteiger partial charge on any atom is -0.440 e. The maximum Gasteiger partial charge on any atom is 0.287 e. The van der Waals surface area contributed by atoms with Gasteiger partial charge in [0, 0.05) is 25.6 Å². The fourth-order valence-electron chi connectivity index (χ4n) is 1.25. The first-order chi connectivity index (χ1) is 6.75. The molecule has 5 heteroatoms. The Balaban J connectivity index is 1.82. The zero-order valence-electron chi connectivity index (χ0n) is 7.55. The van der Waals surface area contributed by atoms with Gasteiger partial charge in [0.15, 0.2) is 11.0 Å². The van der Waals surface area contributed by atoms with Crippen LogP contribution in [0.25, 0.3) is 0 Å². The van der Waals surface area contributed by atoms with Gasteiger partial charge in [-0.05, 0) is 23.7 Å². The lowest BCUT2D eigenvalue weighted by Gasteiger charge is -2.26. The van der Waals surface area contributed by atoms with Crippen LogP contribution >= 0.6 is 11.6 Å². The number of carbonyl (C=O) groups excluding carboxylic acids is 1. The molecule has 1 fully saturated rings. The largest absolute Gasteiger partial charge is 0.440 e. The molecule has 1 aliphatic rings. The van der Waals surface area contributed by atoms with Gasteiger partial charge in [0.05, 0.1) is 0 Å². The highest BCUT2D eigenvalue weighted by molar-refractivity contribution is 6.29. The van der Waals surface area contributed by atoms with Crippen molar-refractivity contribution >= 4 is 17.5 Å². The molecular weight excluding hydrogens is 204 g/mol. The SMILES string of the molecule is O=C(NCC1CNC1)c1ccc(Cl)o1. The van der Waals surface area contributed by atoms with Crippen molar-refractivity contribution in [3.05, 3.63) is 23.1 Å². The van der Waals surface area contributed by atoms with E-state index in [-0.39, 0.29) is 16.9 Å². The van der Waals surface area contributed by atoms with E-state index in [0.717, 1.165) is 13.1 Å². The van der Waals surface area contributed by atoms with Gasteiger partial charge in [0.25, 0.3) is 5.91 Å². The van der Waals surface area contributed by atoms with Gasteiger partial charge in [0.1, 0.15) is 0 Å². The van der Waals surface area contributed by atoms with Crippen LogP contribution < -0.4 is 10.6 Å². The Labute approximate surface area is 86.6 Å². The molecule has 0 spiro atoms. The normalized spacial score (nSPS) is 16.4. The Morgan fingerprint density at radius 1 is 1.64 bits per heavy atom. The van der Waals surface area contributed by atoms with E-state index in [4.69, 9.17) is 16.0 Å². The Kier molecular flexibility index (Phi) is 2.74. The molecule has 14 heavy (non-hydrogen) atoms. The van der Waals surface area contributed by atoms with Gasteiger partial charge in [-0.3, -0.25) is 4.79 Å². The highest BCUT2D eigenvalue weighted by Gasteiger charge is 2.18. The third-order valence-corrected chi connectivity index (χ3v) is 2.42. The number of furan rings is 1. The van der Waals surface area contributed by atoms with Crippen LogP contribution in [0, 0.1) is 5.92 Å². The molecular formula is C9H11ClN2O2. The maximum absolute atomic E-state index is 11.4. The zero-order valence-corrected chi connectivity index (χ0v) is 8.30. The van der Waals surface area contributed by atoms with Crippen molar-refractivity contribution in [1.29, 1.82) is 0 Å². The van der Waals surface area contributed by atoms with Gasteiger partial charge in [-0.25, -0.2) is 0 Å². The first kappa shape index (κ1) is 9.55.